The summed E-state index contributed by atoms with van der Waals surface area (Å²) in [7, 11) is 0. The molecule has 0 saturated carbocycles. The van der Waals surface area contributed by atoms with Gasteiger partial charge >= 0.3 is 6.03 Å². The van der Waals surface area contributed by atoms with E-state index < -0.39 is 17.8 Å². The fraction of sp³-hybridized carbons (Fsp3) is 0.226. The number of anilines is 2. The van der Waals surface area contributed by atoms with E-state index in [1.165, 1.54) is 18.2 Å². The number of benzene rings is 3. The van der Waals surface area contributed by atoms with Gasteiger partial charge in [-0.05, 0) is 98.8 Å². The normalized spacial score (nSPS) is 14.2. The number of urea groups is 1. The predicted octanol–water partition coefficient (Wildman–Crippen LogP) is 5.66. The van der Waals surface area contributed by atoms with Crippen LogP contribution in [-0.2, 0) is 14.4 Å². The van der Waals surface area contributed by atoms with Gasteiger partial charge in [0, 0.05) is 5.69 Å². The lowest BCUT2D eigenvalue weighted by Gasteiger charge is -2.27. The van der Waals surface area contributed by atoms with Crippen LogP contribution in [0.4, 0.5) is 16.2 Å². The second kappa shape index (κ2) is 12.3. The van der Waals surface area contributed by atoms with Crippen LogP contribution >= 0.6 is 11.6 Å². The summed E-state index contributed by atoms with van der Waals surface area (Å²) in [6, 6.07) is 13.0. The first kappa shape index (κ1) is 29.4. The van der Waals surface area contributed by atoms with Crippen molar-refractivity contribution in [2.24, 2.45) is 0 Å². The maximum absolute atomic E-state index is 13.3. The SMILES string of the molecule is CCOc1cc(/C=C2/C(=O)NC(=O)N(c3ccc(C)c(C)c3)C2=O)cc(Cl)c1OCC(=O)Nc1cc(C)ccc1C. The molecule has 3 aromatic rings. The molecule has 0 unspecified atom stereocenters. The van der Waals surface area contributed by atoms with Gasteiger partial charge in [-0.3, -0.25) is 19.7 Å². The van der Waals surface area contributed by atoms with E-state index in [1.54, 1.807) is 25.1 Å². The van der Waals surface area contributed by atoms with Gasteiger partial charge < -0.3 is 14.8 Å². The van der Waals surface area contributed by atoms with Crippen molar-refractivity contribution in [1.82, 2.24) is 5.32 Å². The Balaban J connectivity index is 1.59. The third-order valence-corrected chi connectivity index (χ3v) is 6.79. The molecule has 41 heavy (non-hydrogen) atoms. The van der Waals surface area contributed by atoms with Crippen LogP contribution in [0.3, 0.4) is 0 Å². The number of barbiturate groups is 1. The van der Waals surface area contributed by atoms with E-state index in [0.717, 1.165) is 27.2 Å². The second-order valence-electron chi connectivity index (χ2n) is 9.64. The Hall–Kier alpha value is -4.63. The van der Waals surface area contributed by atoms with Crippen molar-refractivity contribution in [2.45, 2.75) is 34.6 Å². The fourth-order valence-electron chi connectivity index (χ4n) is 4.19. The molecule has 0 atom stereocenters. The number of rotatable bonds is 8. The van der Waals surface area contributed by atoms with Gasteiger partial charge in [0.15, 0.2) is 18.1 Å². The second-order valence-corrected chi connectivity index (χ2v) is 10.1. The van der Waals surface area contributed by atoms with Crippen LogP contribution in [-0.4, -0.2) is 37.0 Å². The fourth-order valence-corrected chi connectivity index (χ4v) is 4.47. The van der Waals surface area contributed by atoms with Gasteiger partial charge in [-0.2, -0.15) is 0 Å². The number of hydrogen-bond donors (Lipinski definition) is 2. The number of ether oxygens (including phenoxy) is 2. The Kier molecular flexibility index (Phi) is 8.78. The zero-order chi connectivity index (χ0) is 29.8. The Bertz CT molecular complexity index is 1600. The Morgan fingerprint density at radius 1 is 0.951 bits per heavy atom. The molecule has 1 aliphatic heterocycles. The molecule has 5 amide bonds. The largest absolute Gasteiger partial charge is 0.490 e. The average Bonchev–Trinajstić information content (AvgIpc) is 2.90. The summed E-state index contributed by atoms with van der Waals surface area (Å²) in [6.45, 7) is 9.29. The minimum absolute atomic E-state index is 0.105. The molecule has 9 nitrogen and oxygen atoms in total. The first-order valence-electron chi connectivity index (χ1n) is 12.9. The van der Waals surface area contributed by atoms with E-state index in [9.17, 15) is 19.2 Å². The minimum atomic E-state index is -0.837. The molecular formula is C31H30ClN3O6. The standard InChI is InChI=1S/C31H30ClN3O6/c1-6-40-26-15-21(14-24(32)28(26)41-16-27(36)33-25-11-17(2)7-8-19(25)4)13-23-29(37)34-31(39)35(30(23)38)22-10-9-18(3)20(5)12-22/h7-15H,6,16H2,1-5H3,(H,33,36)(H,34,37,39)/b23-13-. The van der Waals surface area contributed by atoms with Crippen LogP contribution < -0.4 is 25.0 Å². The number of imide groups is 2. The summed E-state index contributed by atoms with van der Waals surface area (Å²) >= 11 is 6.51. The molecule has 4 rings (SSSR count). The topological polar surface area (TPSA) is 114 Å². The van der Waals surface area contributed by atoms with E-state index in [1.807, 2.05) is 45.9 Å². The van der Waals surface area contributed by atoms with E-state index in [-0.39, 0.29) is 41.2 Å². The highest BCUT2D eigenvalue weighted by Crippen LogP contribution is 2.38. The summed E-state index contributed by atoms with van der Waals surface area (Å²) in [6.07, 6.45) is 1.32. The molecule has 3 aromatic carbocycles. The molecule has 1 fully saturated rings. The van der Waals surface area contributed by atoms with Gasteiger partial charge in [-0.25, -0.2) is 9.69 Å². The lowest BCUT2D eigenvalue weighted by Crippen LogP contribution is -2.54. The number of amides is 5. The maximum atomic E-state index is 13.3. The lowest BCUT2D eigenvalue weighted by atomic mass is 10.0. The van der Waals surface area contributed by atoms with Crippen molar-refractivity contribution < 1.29 is 28.7 Å². The van der Waals surface area contributed by atoms with E-state index in [4.69, 9.17) is 21.1 Å². The zero-order valence-corrected chi connectivity index (χ0v) is 24.1. The van der Waals surface area contributed by atoms with Crippen LogP contribution in [0.2, 0.25) is 5.02 Å². The summed E-state index contributed by atoms with van der Waals surface area (Å²) < 4.78 is 11.4. The third-order valence-electron chi connectivity index (χ3n) is 6.51. The third kappa shape index (κ3) is 6.58. The molecule has 2 N–H and O–H groups in total. The zero-order valence-electron chi connectivity index (χ0n) is 23.4. The molecular weight excluding hydrogens is 546 g/mol. The summed E-state index contributed by atoms with van der Waals surface area (Å²) in [5.41, 5.74) is 4.91. The molecule has 10 heteroatoms. The summed E-state index contributed by atoms with van der Waals surface area (Å²) in [4.78, 5) is 52.1. The number of carbonyl (C=O) groups is 4. The highest BCUT2D eigenvalue weighted by Gasteiger charge is 2.37. The van der Waals surface area contributed by atoms with Crippen LogP contribution in [0.15, 0.2) is 54.1 Å². The smallest absolute Gasteiger partial charge is 0.335 e. The predicted molar refractivity (Wildman–Crippen MR) is 158 cm³/mol. The van der Waals surface area contributed by atoms with Crippen molar-refractivity contribution in [3.8, 4) is 11.5 Å². The molecule has 0 aromatic heterocycles. The lowest BCUT2D eigenvalue weighted by molar-refractivity contribution is -0.122. The van der Waals surface area contributed by atoms with E-state index in [0.29, 0.717) is 16.9 Å². The van der Waals surface area contributed by atoms with Crippen molar-refractivity contribution >= 4 is 52.8 Å². The van der Waals surface area contributed by atoms with Crippen LogP contribution in [0, 0.1) is 27.7 Å². The van der Waals surface area contributed by atoms with E-state index >= 15 is 0 Å². The Morgan fingerprint density at radius 3 is 2.39 bits per heavy atom. The molecule has 1 saturated heterocycles. The van der Waals surface area contributed by atoms with Crippen molar-refractivity contribution in [2.75, 3.05) is 23.4 Å². The maximum Gasteiger partial charge on any atom is 0.335 e. The number of hydrogen-bond acceptors (Lipinski definition) is 6. The van der Waals surface area contributed by atoms with Gasteiger partial charge in [0.25, 0.3) is 17.7 Å². The minimum Gasteiger partial charge on any atom is -0.490 e. The summed E-state index contributed by atoms with van der Waals surface area (Å²) in [5, 5.41) is 5.14. The molecule has 0 aliphatic carbocycles. The molecule has 0 spiro atoms. The number of aryl methyl sites for hydroxylation is 4. The molecule has 0 radical (unpaired) electrons. The monoisotopic (exact) mass is 575 g/mol. The molecule has 1 aliphatic rings. The Morgan fingerprint density at radius 2 is 1.68 bits per heavy atom. The number of nitrogens with zero attached hydrogens (tertiary/aromatic N) is 1. The van der Waals surface area contributed by atoms with Gasteiger partial charge in [-0.15, -0.1) is 0 Å². The van der Waals surface area contributed by atoms with E-state index in [2.05, 4.69) is 10.6 Å². The molecule has 0 bridgehead atoms. The quantitative estimate of drug-likeness (QED) is 0.265. The van der Waals surface area contributed by atoms with Gasteiger partial charge in [-0.1, -0.05) is 29.8 Å². The summed E-state index contributed by atoms with van der Waals surface area (Å²) in [5.74, 6) is -1.64. The van der Waals surface area contributed by atoms with Crippen LogP contribution in [0.5, 0.6) is 11.5 Å². The number of nitrogens with one attached hydrogen (secondary N) is 2. The number of halogens is 1. The average molecular weight is 576 g/mol. The first-order valence-corrected chi connectivity index (χ1v) is 13.3. The van der Waals surface area contributed by atoms with Crippen LogP contribution in [0.25, 0.3) is 6.08 Å². The molecule has 212 valence electrons. The molecule has 1 heterocycles. The first-order chi connectivity index (χ1) is 19.5. The number of carbonyl (C=O) groups excluding carboxylic acids is 4. The Labute approximate surface area is 243 Å². The van der Waals surface area contributed by atoms with Gasteiger partial charge in [0.1, 0.15) is 5.57 Å². The highest BCUT2D eigenvalue weighted by molar-refractivity contribution is 6.39. The van der Waals surface area contributed by atoms with Crippen molar-refractivity contribution in [3.63, 3.8) is 0 Å². The highest BCUT2D eigenvalue weighted by atomic mass is 35.5. The van der Waals surface area contributed by atoms with Gasteiger partial charge in [0.2, 0.25) is 0 Å². The van der Waals surface area contributed by atoms with Crippen molar-refractivity contribution in [3.05, 3.63) is 86.9 Å². The van der Waals surface area contributed by atoms with Crippen LogP contribution in [0.1, 0.15) is 34.7 Å². The van der Waals surface area contributed by atoms with Gasteiger partial charge in [0.05, 0.1) is 17.3 Å². The van der Waals surface area contributed by atoms with Crippen molar-refractivity contribution in [1.29, 1.82) is 0 Å².